The van der Waals surface area contributed by atoms with Crippen LogP contribution in [0.4, 0.5) is 0 Å². The Kier molecular flexibility index (Phi) is 4.52. The zero-order valence-electron chi connectivity index (χ0n) is 9.23. The Hall–Kier alpha value is -1.19. The molecule has 2 heterocycles. The number of rotatable bonds is 6. The van der Waals surface area contributed by atoms with Gasteiger partial charge in [0, 0.05) is 23.3 Å². The number of aromatic nitrogens is 1. The predicted octanol–water partition coefficient (Wildman–Crippen LogP) is 2.87. The molecule has 0 atom stereocenters. The van der Waals surface area contributed by atoms with Crippen LogP contribution >= 0.6 is 11.3 Å². The molecule has 0 unspecified atom stereocenters. The van der Waals surface area contributed by atoms with Crippen molar-refractivity contribution in [3.63, 3.8) is 0 Å². The van der Waals surface area contributed by atoms with Gasteiger partial charge in [-0.2, -0.15) is 0 Å². The van der Waals surface area contributed by atoms with E-state index in [4.69, 9.17) is 0 Å². The molecule has 0 radical (unpaired) electrons. The van der Waals surface area contributed by atoms with E-state index < -0.39 is 0 Å². The highest BCUT2D eigenvalue weighted by Gasteiger charge is 1.94. The van der Waals surface area contributed by atoms with E-state index in [1.54, 1.807) is 11.3 Å². The zero-order chi connectivity index (χ0) is 11.1. The van der Waals surface area contributed by atoms with Crippen LogP contribution in [0.2, 0.25) is 0 Å². The molecule has 0 spiro atoms. The van der Waals surface area contributed by atoms with Gasteiger partial charge in [-0.3, -0.25) is 4.98 Å². The van der Waals surface area contributed by atoms with Gasteiger partial charge in [0.2, 0.25) is 0 Å². The second kappa shape index (κ2) is 6.40. The van der Waals surface area contributed by atoms with Gasteiger partial charge in [0.05, 0.1) is 0 Å². The van der Waals surface area contributed by atoms with Crippen molar-refractivity contribution in [1.29, 1.82) is 0 Å². The van der Waals surface area contributed by atoms with Gasteiger partial charge < -0.3 is 5.32 Å². The molecule has 2 aromatic heterocycles. The molecule has 0 bridgehead atoms. The molecule has 0 saturated carbocycles. The molecule has 3 heteroatoms. The van der Waals surface area contributed by atoms with Crippen molar-refractivity contribution in [2.45, 2.75) is 19.4 Å². The lowest BCUT2D eigenvalue weighted by Gasteiger charge is -2.02. The minimum Gasteiger partial charge on any atom is -0.312 e. The summed E-state index contributed by atoms with van der Waals surface area (Å²) in [5, 5.41) is 5.56. The Morgan fingerprint density at radius 1 is 1.19 bits per heavy atom. The van der Waals surface area contributed by atoms with Gasteiger partial charge in [-0.25, -0.2) is 0 Å². The number of nitrogens with zero attached hydrogens (tertiary/aromatic N) is 1. The third-order valence-electron chi connectivity index (χ3n) is 2.39. The van der Waals surface area contributed by atoms with E-state index in [0.29, 0.717) is 0 Å². The normalized spacial score (nSPS) is 10.5. The Morgan fingerprint density at radius 2 is 2.19 bits per heavy atom. The van der Waals surface area contributed by atoms with Gasteiger partial charge in [-0.05, 0) is 43.0 Å². The van der Waals surface area contributed by atoms with Crippen LogP contribution in [-0.4, -0.2) is 11.5 Å². The first-order valence-electron chi connectivity index (χ1n) is 5.58. The lowest BCUT2D eigenvalue weighted by atomic mass is 10.2. The molecule has 0 saturated heterocycles. The third kappa shape index (κ3) is 3.76. The van der Waals surface area contributed by atoms with Gasteiger partial charge in [0.15, 0.2) is 0 Å². The van der Waals surface area contributed by atoms with Crippen molar-refractivity contribution < 1.29 is 0 Å². The monoisotopic (exact) mass is 232 g/mol. The first kappa shape index (κ1) is 11.3. The van der Waals surface area contributed by atoms with Crippen molar-refractivity contribution in [3.8, 4) is 0 Å². The molecule has 0 aromatic carbocycles. The summed E-state index contributed by atoms with van der Waals surface area (Å²) >= 11 is 1.80. The Bertz CT molecular complexity index is 384. The molecule has 16 heavy (non-hydrogen) atoms. The summed E-state index contributed by atoms with van der Waals surface area (Å²) in [4.78, 5) is 5.70. The third-order valence-corrected chi connectivity index (χ3v) is 3.27. The summed E-state index contributed by atoms with van der Waals surface area (Å²) in [7, 11) is 0. The first-order chi connectivity index (χ1) is 7.95. The van der Waals surface area contributed by atoms with Crippen molar-refractivity contribution in [1.82, 2.24) is 10.3 Å². The first-order valence-corrected chi connectivity index (χ1v) is 6.46. The minimum absolute atomic E-state index is 0.986. The van der Waals surface area contributed by atoms with Crippen LogP contribution in [0.5, 0.6) is 0 Å². The van der Waals surface area contributed by atoms with Gasteiger partial charge in [-0.15, -0.1) is 11.3 Å². The molecule has 0 aliphatic heterocycles. The second-order valence-corrected chi connectivity index (χ2v) is 4.71. The van der Waals surface area contributed by atoms with E-state index in [9.17, 15) is 0 Å². The molecule has 84 valence electrons. The van der Waals surface area contributed by atoms with E-state index in [-0.39, 0.29) is 0 Å². The van der Waals surface area contributed by atoms with E-state index >= 15 is 0 Å². The lowest BCUT2D eigenvalue weighted by molar-refractivity contribution is 0.649. The molecular weight excluding hydrogens is 216 g/mol. The topological polar surface area (TPSA) is 24.9 Å². The number of thiophene rings is 1. The van der Waals surface area contributed by atoms with Crippen molar-refractivity contribution in [2.24, 2.45) is 0 Å². The number of pyridine rings is 1. The number of hydrogen-bond donors (Lipinski definition) is 1. The highest BCUT2D eigenvalue weighted by molar-refractivity contribution is 7.09. The van der Waals surface area contributed by atoms with Crippen molar-refractivity contribution >= 4 is 11.3 Å². The fraction of sp³-hybridized carbons (Fsp3) is 0.308. The standard InChI is InChI=1S/C13H16N2S/c1-2-9-15-12(5-1)6-3-8-14-11-13-7-4-10-16-13/h1-2,4-5,7,9-10,14H,3,6,8,11H2. The zero-order valence-corrected chi connectivity index (χ0v) is 10.0. The summed E-state index contributed by atoms with van der Waals surface area (Å²) < 4.78 is 0. The lowest BCUT2D eigenvalue weighted by Crippen LogP contribution is -2.14. The highest BCUT2D eigenvalue weighted by atomic mass is 32.1. The quantitative estimate of drug-likeness (QED) is 0.775. The summed E-state index contributed by atoms with van der Waals surface area (Å²) in [5.74, 6) is 0. The maximum absolute atomic E-state index is 4.30. The SMILES string of the molecule is c1ccc(CCCNCc2cccs2)nc1. The largest absolute Gasteiger partial charge is 0.312 e. The smallest absolute Gasteiger partial charge is 0.0404 e. The highest BCUT2D eigenvalue weighted by Crippen LogP contribution is 2.07. The predicted molar refractivity (Wildman–Crippen MR) is 68.6 cm³/mol. The number of hydrogen-bond acceptors (Lipinski definition) is 3. The van der Waals surface area contributed by atoms with Crippen molar-refractivity contribution in [3.05, 3.63) is 52.5 Å². The fourth-order valence-electron chi connectivity index (χ4n) is 1.57. The average Bonchev–Trinajstić information content (AvgIpc) is 2.83. The van der Waals surface area contributed by atoms with Crippen LogP contribution in [0.1, 0.15) is 17.0 Å². The second-order valence-electron chi connectivity index (χ2n) is 3.68. The molecular formula is C13H16N2S. The molecule has 0 amide bonds. The maximum atomic E-state index is 4.30. The van der Waals surface area contributed by atoms with Crippen LogP contribution in [0.25, 0.3) is 0 Å². The van der Waals surface area contributed by atoms with E-state index in [0.717, 1.165) is 25.9 Å². The molecule has 0 fully saturated rings. The molecule has 0 aliphatic rings. The summed E-state index contributed by atoms with van der Waals surface area (Å²) in [6, 6.07) is 10.3. The molecule has 2 rings (SSSR count). The van der Waals surface area contributed by atoms with Gasteiger partial charge in [-0.1, -0.05) is 12.1 Å². The van der Waals surface area contributed by atoms with Crippen LogP contribution in [0, 0.1) is 0 Å². The van der Waals surface area contributed by atoms with Gasteiger partial charge in [0.25, 0.3) is 0 Å². The maximum Gasteiger partial charge on any atom is 0.0404 e. The van der Waals surface area contributed by atoms with Gasteiger partial charge >= 0.3 is 0 Å². The summed E-state index contributed by atoms with van der Waals surface area (Å²) in [5.41, 5.74) is 1.18. The molecule has 0 aliphatic carbocycles. The average molecular weight is 232 g/mol. The molecule has 2 nitrogen and oxygen atoms in total. The van der Waals surface area contributed by atoms with Crippen LogP contribution in [0.3, 0.4) is 0 Å². The summed E-state index contributed by atoms with van der Waals surface area (Å²) in [6.45, 7) is 2.04. The van der Waals surface area contributed by atoms with Crippen LogP contribution in [0.15, 0.2) is 41.9 Å². The van der Waals surface area contributed by atoms with Gasteiger partial charge in [0.1, 0.15) is 0 Å². The van der Waals surface area contributed by atoms with Crippen molar-refractivity contribution in [2.75, 3.05) is 6.54 Å². The summed E-state index contributed by atoms with van der Waals surface area (Å²) in [6.07, 6.45) is 4.05. The molecule has 2 aromatic rings. The fourth-order valence-corrected chi connectivity index (χ4v) is 2.24. The van der Waals surface area contributed by atoms with Crippen LogP contribution in [-0.2, 0) is 13.0 Å². The Balaban J connectivity index is 1.59. The number of nitrogens with one attached hydrogen (secondary N) is 1. The Morgan fingerprint density at radius 3 is 2.94 bits per heavy atom. The van der Waals surface area contributed by atoms with E-state index in [1.165, 1.54) is 10.6 Å². The number of aryl methyl sites for hydroxylation is 1. The minimum atomic E-state index is 0.986. The Labute approximate surface area is 100 Å². The molecule has 1 N–H and O–H groups in total. The van der Waals surface area contributed by atoms with E-state index in [1.807, 2.05) is 18.3 Å². The van der Waals surface area contributed by atoms with E-state index in [2.05, 4.69) is 33.9 Å². The van der Waals surface area contributed by atoms with Crippen LogP contribution < -0.4 is 5.32 Å².